The van der Waals surface area contributed by atoms with Gasteiger partial charge in [0.25, 0.3) is 5.91 Å². The van der Waals surface area contributed by atoms with Crippen LogP contribution >= 0.6 is 11.6 Å². The van der Waals surface area contributed by atoms with Gasteiger partial charge in [-0.3, -0.25) is 14.4 Å². The molecule has 0 saturated carbocycles. The van der Waals surface area contributed by atoms with Crippen molar-refractivity contribution in [3.05, 3.63) is 124 Å². The molecule has 0 saturated heterocycles. The number of fused-ring (bicyclic) bond motifs is 1. The van der Waals surface area contributed by atoms with Crippen molar-refractivity contribution in [2.75, 3.05) is 18.5 Å². The molecule has 0 aliphatic heterocycles. The van der Waals surface area contributed by atoms with Crippen molar-refractivity contribution < 1.29 is 28.2 Å². The van der Waals surface area contributed by atoms with Crippen LogP contribution < -0.4 is 25.0 Å². The normalized spacial score (nSPS) is 10.7. The number of rotatable bonds is 10. The van der Waals surface area contributed by atoms with Crippen LogP contribution in [0.1, 0.15) is 22.8 Å². The lowest BCUT2D eigenvalue weighted by atomic mass is 10.0. The summed E-state index contributed by atoms with van der Waals surface area (Å²) in [6, 6.07) is 25.0. The first-order valence-corrected chi connectivity index (χ1v) is 13.1. The predicted octanol–water partition coefficient (Wildman–Crippen LogP) is 6.89. The number of hydrogen-bond acceptors (Lipinski definition) is 7. The Morgan fingerprint density at radius 2 is 1.61 bits per heavy atom. The van der Waals surface area contributed by atoms with Crippen molar-refractivity contribution in [3.63, 3.8) is 0 Å². The highest BCUT2D eigenvalue weighted by molar-refractivity contribution is 6.31. The first kappa shape index (κ1) is 27.5. The fourth-order valence-corrected chi connectivity index (χ4v) is 4.24. The number of nitrogens with one attached hydrogen (secondary N) is 1. The summed E-state index contributed by atoms with van der Waals surface area (Å²) in [5.74, 6) is 0.434. The van der Waals surface area contributed by atoms with E-state index in [1.807, 2.05) is 13.0 Å². The topological polar surface area (TPSA) is 104 Å². The van der Waals surface area contributed by atoms with E-state index in [9.17, 15) is 14.4 Å². The lowest BCUT2D eigenvalue weighted by Gasteiger charge is -2.12. The van der Waals surface area contributed by atoms with E-state index >= 15 is 0 Å². The molecule has 0 fully saturated rings. The third-order valence-electron chi connectivity index (χ3n) is 5.99. The van der Waals surface area contributed by atoms with Crippen LogP contribution in [0.25, 0.3) is 11.0 Å². The Balaban J connectivity index is 1.28. The van der Waals surface area contributed by atoms with Crippen molar-refractivity contribution in [2.24, 2.45) is 0 Å². The number of halogens is 1. The van der Waals surface area contributed by atoms with Crippen molar-refractivity contribution in [2.45, 2.75) is 6.92 Å². The molecule has 4 aromatic carbocycles. The minimum absolute atomic E-state index is 0.00141. The van der Waals surface area contributed by atoms with Gasteiger partial charge in [0.2, 0.25) is 11.2 Å². The van der Waals surface area contributed by atoms with Gasteiger partial charge < -0.3 is 23.9 Å². The van der Waals surface area contributed by atoms with Crippen molar-refractivity contribution in [1.82, 2.24) is 0 Å². The van der Waals surface area contributed by atoms with Crippen molar-refractivity contribution in [1.29, 1.82) is 0 Å². The van der Waals surface area contributed by atoms with Crippen LogP contribution in [0.5, 0.6) is 23.0 Å². The molecule has 8 nitrogen and oxygen atoms in total. The Labute approximate surface area is 240 Å². The second kappa shape index (κ2) is 12.4. The number of ketones is 1. The van der Waals surface area contributed by atoms with E-state index in [0.29, 0.717) is 40.1 Å². The Bertz CT molecular complexity index is 1780. The number of carbonyl (C=O) groups is 2. The molecule has 0 aliphatic rings. The van der Waals surface area contributed by atoms with Gasteiger partial charge in [0, 0.05) is 22.2 Å². The highest BCUT2D eigenvalue weighted by Crippen LogP contribution is 2.31. The lowest BCUT2D eigenvalue weighted by molar-refractivity contribution is -0.118. The Hall–Kier alpha value is -5.08. The summed E-state index contributed by atoms with van der Waals surface area (Å²) in [5, 5.41) is 3.35. The maximum absolute atomic E-state index is 13.0. The van der Waals surface area contributed by atoms with Gasteiger partial charge in [-0.15, -0.1) is 0 Å². The molecule has 0 radical (unpaired) electrons. The number of ether oxygens (including phenoxy) is 3. The zero-order valence-electron chi connectivity index (χ0n) is 21.9. The molecule has 1 amide bonds. The van der Waals surface area contributed by atoms with Gasteiger partial charge >= 0.3 is 0 Å². The Kier molecular flexibility index (Phi) is 8.31. The molecule has 0 spiro atoms. The standard InChI is InChI=1S/C32H24ClNO7/c1-2-38-26-10-6-7-11-27(26)41-29-18-40-28-17-22(13-14-23(28)32(29)37)39-19-30(35)34-25-15-12-21(33)16-24(25)31(36)20-8-4-3-5-9-20/h3-18H,2,19H2,1H3,(H,34,35). The van der Waals surface area contributed by atoms with E-state index in [1.54, 1.807) is 66.7 Å². The molecular weight excluding hydrogens is 546 g/mol. The van der Waals surface area contributed by atoms with E-state index in [-0.39, 0.29) is 40.1 Å². The van der Waals surface area contributed by atoms with Gasteiger partial charge in [-0.05, 0) is 49.4 Å². The van der Waals surface area contributed by atoms with Gasteiger partial charge in [-0.25, -0.2) is 0 Å². The highest BCUT2D eigenvalue weighted by Gasteiger charge is 2.17. The molecule has 41 heavy (non-hydrogen) atoms. The molecule has 9 heteroatoms. The van der Waals surface area contributed by atoms with Crippen LogP contribution in [-0.4, -0.2) is 24.9 Å². The summed E-state index contributed by atoms with van der Waals surface area (Å²) in [6.45, 7) is 1.94. The summed E-state index contributed by atoms with van der Waals surface area (Å²) in [6.07, 6.45) is 1.22. The van der Waals surface area contributed by atoms with Gasteiger partial charge in [0.15, 0.2) is 23.9 Å². The monoisotopic (exact) mass is 569 g/mol. The summed E-state index contributed by atoms with van der Waals surface area (Å²) >= 11 is 6.12. The minimum atomic E-state index is -0.493. The number of carbonyl (C=O) groups excluding carboxylic acids is 2. The third kappa shape index (κ3) is 6.40. The largest absolute Gasteiger partial charge is 0.490 e. The maximum atomic E-state index is 13.0. The second-order valence-electron chi connectivity index (χ2n) is 8.79. The van der Waals surface area contributed by atoms with Gasteiger partial charge in [-0.2, -0.15) is 0 Å². The van der Waals surface area contributed by atoms with Crippen LogP contribution in [0, 0.1) is 0 Å². The van der Waals surface area contributed by atoms with Gasteiger partial charge in [0.1, 0.15) is 17.6 Å². The lowest BCUT2D eigenvalue weighted by Crippen LogP contribution is -2.21. The molecule has 1 aromatic heterocycles. The van der Waals surface area contributed by atoms with Crippen LogP contribution in [0.15, 0.2) is 106 Å². The minimum Gasteiger partial charge on any atom is -0.490 e. The highest BCUT2D eigenvalue weighted by atomic mass is 35.5. The predicted molar refractivity (Wildman–Crippen MR) is 156 cm³/mol. The second-order valence-corrected chi connectivity index (χ2v) is 9.23. The maximum Gasteiger partial charge on any atom is 0.262 e. The molecule has 206 valence electrons. The summed E-state index contributed by atoms with van der Waals surface area (Å²) in [7, 11) is 0. The fraction of sp³-hybridized carbons (Fsp3) is 0.0938. The molecular formula is C32H24ClNO7. The summed E-state index contributed by atoms with van der Waals surface area (Å²) < 4.78 is 22.6. The molecule has 5 rings (SSSR count). The zero-order chi connectivity index (χ0) is 28.8. The average Bonchev–Trinajstić information content (AvgIpc) is 2.99. The third-order valence-corrected chi connectivity index (χ3v) is 6.22. The van der Waals surface area contributed by atoms with E-state index in [4.69, 9.17) is 30.2 Å². The quantitative estimate of drug-likeness (QED) is 0.183. The van der Waals surface area contributed by atoms with Crippen LogP contribution in [0.2, 0.25) is 5.02 Å². The zero-order valence-corrected chi connectivity index (χ0v) is 22.6. The molecule has 5 aromatic rings. The molecule has 1 N–H and O–H groups in total. The number of amides is 1. The average molecular weight is 570 g/mol. The van der Waals surface area contributed by atoms with Crippen LogP contribution in [0.4, 0.5) is 5.69 Å². The first-order chi connectivity index (χ1) is 19.9. The van der Waals surface area contributed by atoms with E-state index < -0.39 is 5.91 Å². The van der Waals surface area contributed by atoms with Crippen molar-refractivity contribution in [3.8, 4) is 23.0 Å². The number of hydrogen-bond donors (Lipinski definition) is 1. The molecule has 1 heterocycles. The SMILES string of the molecule is CCOc1ccccc1Oc1coc2cc(OCC(=O)Nc3ccc(Cl)cc3C(=O)c3ccccc3)ccc2c1=O. The Morgan fingerprint density at radius 3 is 2.39 bits per heavy atom. The number of para-hydroxylation sites is 2. The van der Waals surface area contributed by atoms with Crippen LogP contribution in [-0.2, 0) is 4.79 Å². The van der Waals surface area contributed by atoms with E-state index in [2.05, 4.69) is 5.32 Å². The first-order valence-electron chi connectivity index (χ1n) is 12.7. The number of anilines is 1. The fourth-order valence-electron chi connectivity index (χ4n) is 4.07. The summed E-state index contributed by atoms with van der Waals surface area (Å²) in [4.78, 5) is 38.8. The van der Waals surface area contributed by atoms with E-state index in [1.165, 1.54) is 24.5 Å². The molecule has 0 atom stereocenters. The number of benzene rings is 4. The smallest absolute Gasteiger partial charge is 0.262 e. The van der Waals surface area contributed by atoms with Gasteiger partial charge in [0.05, 0.1) is 17.7 Å². The molecule has 0 unspecified atom stereocenters. The Morgan fingerprint density at radius 1 is 0.854 bits per heavy atom. The summed E-state index contributed by atoms with van der Waals surface area (Å²) in [5.41, 5.74) is 0.907. The molecule has 0 bridgehead atoms. The van der Waals surface area contributed by atoms with Crippen LogP contribution in [0.3, 0.4) is 0 Å². The van der Waals surface area contributed by atoms with Crippen molar-refractivity contribution >= 4 is 39.9 Å². The molecule has 0 aliphatic carbocycles. The van der Waals surface area contributed by atoms with E-state index in [0.717, 1.165) is 0 Å². The van der Waals surface area contributed by atoms with Gasteiger partial charge in [-0.1, -0.05) is 54.1 Å².